The van der Waals surface area contributed by atoms with Crippen LogP contribution in [0.3, 0.4) is 0 Å². The van der Waals surface area contributed by atoms with Crippen LogP contribution in [-0.2, 0) is 19.3 Å². The Bertz CT molecular complexity index is 1450. The highest BCUT2D eigenvalue weighted by molar-refractivity contribution is 5.88. The van der Waals surface area contributed by atoms with E-state index in [-0.39, 0.29) is 46.4 Å². The fourth-order valence-corrected chi connectivity index (χ4v) is 4.01. The van der Waals surface area contributed by atoms with Crippen LogP contribution in [0.25, 0.3) is 27.8 Å². The molecule has 12 heteroatoms. The van der Waals surface area contributed by atoms with E-state index in [0.29, 0.717) is 10.9 Å². The smallest absolute Gasteiger partial charge is 0.388 e. The molecule has 0 saturated heterocycles. The van der Waals surface area contributed by atoms with Crippen LogP contribution in [0.4, 0.5) is 17.6 Å². The monoisotopic (exact) mass is 478 g/mol. The van der Waals surface area contributed by atoms with Crippen LogP contribution < -0.4 is 5.69 Å². The number of H-pyrrole nitrogens is 1. The largest absolute Gasteiger partial charge is 0.435 e. The van der Waals surface area contributed by atoms with Crippen LogP contribution >= 0.6 is 0 Å². The molecule has 4 rings (SSSR count). The molecular formula is C22H22F4N6O2. The van der Waals surface area contributed by atoms with Crippen LogP contribution in [-0.4, -0.2) is 34.6 Å². The normalized spacial score (nSPS) is 12.3. The predicted octanol–water partition coefficient (Wildman–Crippen LogP) is 4.07. The van der Waals surface area contributed by atoms with Crippen molar-refractivity contribution in [2.24, 2.45) is 0 Å². The lowest BCUT2D eigenvalue weighted by Gasteiger charge is -2.15. The Morgan fingerprint density at radius 2 is 1.91 bits per heavy atom. The summed E-state index contributed by atoms with van der Waals surface area (Å²) in [5.74, 6) is -0.916. The molecule has 0 atom stereocenters. The maximum Gasteiger partial charge on any atom is 0.435 e. The van der Waals surface area contributed by atoms with Gasteiger partial charge < -0.3 is 5.11 Å². The molecule has 0 fully saturated rings. The number of hydrogen-bond acceptors (Lipinski definition) is 5. The third-order valence-electron chi connectivity index (χ3n) is 5.63. The fraction of sp³-hybridized carbons (Fsp3) is 0.364. The SMILES string of the molecule is CCn1c(CO)nn(-c2cc3c(C(C)C)cc(-c4c(C(F)(F)F)n[nH]c4C)nc3cc2F)c1=O. The number of nitrogens with zero attached hydrogens (tertiary/aromatic N) is 5. The van der Waals surface area contributed by atoms with Crippen LogP contribution in [0.2, 0.25) is 0 Å². The van der Waals surface area contributed by atoms with Crippen molar-refractivity contribution in [1.29, 1.82) is 0 Å². The van der Waals surface area contributed by atoms with Crippen molar-refractivity contribution in [2.75, 3.05) is 0 Å². The molecule has 0 unspecified atom stereocenters. The zero-order valence-electron chi connectivity index (χ0n) is 18.8. The van der Waals surface area contributed by atoms with Gasteiger partial charge in [-0.05, 0) is 37.5 Å². The molecule has 0 aliphatic carbocycles. The van der Waals surface area contributed by atoms with Crippen molar-refractivity contribution in [3.8, 4) is 16.9 Å². The van der Waals surface area contributed by atoms with Gasteiger partial charge in [-0.25, -0.2) is 14.2 Å². The summed E-state index contributed by atoms with van der Waals surface area (Å²) in [4.78, 5) is 17.0. The maximum atomic E-state index is 15.2. The number of benzene rings is 1. The number of halogens is 4. The summed E-state index contributed by atoms with van der Waals surface area (Å²) < 4.78 is 57.8. The average Bonchev–Trinajstić information content (AvgIpc) is 3.31. The first kappa shape index (κ1) is 23.6. The van der Waals surface area contributed by atoms with Crippen LogP contribution in [0.5, 0.6) is 0 Å². The van der Waals surface area contributed by atoms with E-state index >= 15 is 4.39 Å². The second-order valence-corrected chi connectivity index (χ2v) is 8.16. The molecule has 8 nitrogen and oxygen atoms in total. The van der Waals surface area contributed by atoms with Gasteiger partial charge in [0.05, 0.1) is 16.8 Å². The molecule has 3 heterocycles. The lowest BCUT2D eigenvalue weighted by Crippen LogP contribution is -2.24. The molecule has 1 aromatic carbocycles. The number of rotatable bonds is 5. The Morgan fingerprint density at radius 1 is 1.21 bits per heavy atom. The number of fused-ring (bicyclic) bond motifs is 1. The highest BCUT2D eigenvalue weighted by Crippen LogP contribution is 2.39. The van der Waals surface area contributed by atoms with E-state index in [1.54, 1.807) is 6.92 Å². The summed E-state index contributed by atoms with van der Waals surface area (Å²) in [6, 6.07) is 3.99. The summed E-state index contributed by atoms with van der Waals surface area (Å²) in [6.07, 6.45) is -4.70. The number of aromatic amines is 1. The lowest BCUT2D eigenvalue weighted by molar-refractivity contribution is -0.140. The van der Waals surface area contributed by atoms with Gasteiger partial charge in [-0.2, -0.15) is 23.0 Å². The molecular weight excluding hydrogens is 456 g/mol. The number of aryl methyl sites for hydroxylation is 1. The molecule has 0 aliphatic heterocycles. The highest BCUT2D eigenvalue weighted by Gasteiger charge is 2.38. The molecule has 0 spiro atoms. The van der Waals surface area contributed by atoms with Gasteiger partial charge in [-0.15, -0.1) is 5.10 Å². The maximum absolute atomic E-state index is 15.2. The molecule has 34 heavy (non-hydrogen) atoms. The van der Waals surface area contributed by atoms with Gasteiger partial charge in [-0.1, -0.05) is 13.8 Å². The van der Waals surface area contributed by atoms with Gasteiger partial charge in [0.25, 0.3) is 0 Å². The van der Waals surface area contributed by atoms with Crippen LogP contribution in [0.1, 0.15) is 49.5 Å². The summed E-state index contributed by atoms with van der Waals surface area (Å²) in [7, 11) is 0. The Morgan fingerprint density at radius 3 is 2.47 bits per heavy atom. The molecule has 0 saturated carbocycles. The van der Waals surface area contributed by atoms with E-state index in [0.717, 1.165) is 10.7 Å². The van der Waals surface area contributed by atoms with Crippen LogP contribution in [0.15, 0.2) is 23.0 Å². The van der Waals surface area contributed by atoms with E-state index in [4.69, 9.17) is 0 Å². The van der Waals surface area contributed by atoms with Crippen molar-refractivity contribution < 1.29 is 22.7 Å². The van der Waals surface area contributed by atoms with E-state index in [9.17, 15) is 23.1 Å². The van der Waals surface area contributed by atoms with Gasteiger partial charge in [0.1, 0.15) is 12.3 Å². The zero-order chi connectivity index (χ0) is 24.9. The lowest BCUT2D eigenvalue weighted by atomic mass is 9.95. The third kappa shape index (κ3) is 3.77. The number of aliphatic hydroxyl groups is 1. The Balaban J connectivity index is 2.00. The number of aromatic nitrogens is 6. The summed E-state index contributed by atoms with van der Waals surface area (Å²) in [5, 5.41) is 19.7. The topological polar surface area (TPSA) is 102 Å². The first-order valence-corrected chi connectivity index (χ1v) is 10.5. The van der Waals surface area contributed by atoms with E-state index in [1.807, 2.05) is 13.8 Å². The number of pyridine rings is 1. The second-order valence-electron chi connectivity index (χ2n) is 8.16. The van der Waals surface area contributed by atoms with Crippen molar-refractivity contribution in [3.05, 3.63) is 57.3 Å². The van der Waals surface area contributed by atoms with Crippen LogP contribution in [0, 0.1) is 12.7 Å². The Labute approximate surface area is 190 Å². The number of hydrogen-bond donors (Lipinski definition) is 2. The molecule has 3 aromatic heterocycles. The predicted molar refractivity (Wildman–Crippen MR) is 116 cm³/mol. The van der Waals surface area contributed by atoms with Gasteiger partial charge in [0, 0.05) is 23.7 Å². The number of nitrogens with one attached hydrogen (secondary N) is 1. The molecule has 180 valence electrons. The fourth-order valence-electron chi connectivity index (χ4n) is 4.01. The van der Waals surface area contributed by atoms with Crippen molar-refractivity contribution in [1.82, 2.24) is 29.5 Å². The van der Waals surface area contributed by atoms with E-state index in [1.165, 1.54) is 23.6 Å². The third-order valence-corrected chi connectivity index (χ3v) is 5.63. The molecule has 2 N–H and O–H groups in total. The average molecular weight is 478 g/mol. The number of aliphatic hydroxyl groups excluding tert-OH is 1. The van der Waals surface area contributed by atoms with Gasteiger partial charge >= 0.3 is 11.9 Å². The molecule has 0 radical (unpaired) electrons. The van der Waals surface area contributed by atoms with Crippen molar-refractivity contribution in [3.63, 3.8) is 0 Å². The Hall–Kier alpha value is -3.54. The quantitative estimate of drug-likeness (QED) is 0.421. The van der Waals surface area contributed by atoms with Gasteiger partial charge in [0.15, 0.2) is 17.3 Å². The first-order chi connectivity index (χ1) is 16.0. The molecule has 0 aliphatic rings. The van der Waals surface area contributed by atoms with Gasteiger partial charge in [0.2, 0.25) is 0 Å². The standard InChI is InChI=1S/C22H22F4N6O2/c1-5-31-18(9-33)30-32(21(31)34)17-7-13-12(10(2)3)6-16(27-15(13)8-14(17)23)19-11(4)28-29-20(19)22(24,25)26/h6-8,10,33H,5,9H2,1-4H3,(H,28,29). The molecule has 0 bridgehead atoms. The molecule has 0 amide bonds. The van der Waals surface area contributed by atoms with E-state index in [2.05, 4.69) is 20.3 Å². The summed E-state index contributed by atoms with van der Waals surface area (Å²) >= 11 is 0. The summed E-state index contributed by atoms with van der Waals surface area (Å²) in [5.41, 5.74) is -1.14. The minimum atomic E-state index is -4.70. The minimum Gasteiger partial charge on any atom is -0.388 e. The first-order valence-electron chi connectivity index (χ1n) is 10.5. The minimum absolute atomic E-state index is 0.0110. The second kappa shape index (κ2) is 8.35. The Kier molecular flexibility index (Phi) is 5.80. The zero-order valence-corrected chi connectivity index (χ0v) is 18.8. The van der Waals surface area contributed by atoms with E-state index < -0.39 is 30.0 Å². The number of alkyl halides is 3. The highest BCUT2D eigenvalue weighted by atomic mass is 19.4. The van der Waals surface area contributed by atoms with Gasteiger partial charge in [-0.3, -0.25) is 9.67 Å². The molecule has 4 aromatic rings. The summed E-state index contributed by atoms with van der Waals surface area (Å²) in [6.45, 7) is 6.57. The van der Waals surface area contributed by atoms with Crippen molar-refractivity contribution in [2.45, 2.75) is 52.9 Å². The van der Waals surface area contributed by atoms with Crippen molar-refractivity contribution >= 4 is 10.9 Å².